The number of nitrogens with one attached hydrogen (secondary N) is 3. The van der Waals surface area contributed by atoms with Crippen LogP contribution in [-0.4, -0.2) is 115 Å². The van der Waals surface area contributed by atoms with Crippen molar-refractivity contribution in [1.29, 1.82) is 0 Å². The van der Waals surface area contributed by atoms with Crippen LogP contribution in [-0.2, 0) is 41.0 Å². The number of alkyl halides is 4. The van der Waals surface area contributed by atoms with Gasteiger partial charge in [-0.15, -0.1) is 11.6 Å². The number of amides is 1. The third-order valence-electron chi connectivity index (χ3n) is 8.47. The predicted molar refractivity (Wildman–Crippen MR) is 266 cm³/mol. The average molecular weight is 1110 g/mol. The summed E-state index contributed by atoms with van der Waals surface area (Å²) in [6, 6.07) is 12.4. The van der Waals surface area contributed by atoms with E-state index in [0.29, 0.717) is 24.6 Å². The number of aromatic nitrogens is 3. The van der Waals surface area contributed by atoms with E-state index in [0.717, 1.165) is 54.9 Å². The van der Waals surface area contributed by atoms with Crippen LogP contribution in [0.4, 0.5) is 30.8 Å². The number of halogens is 7. The Balaban J connectivity index is 0.000000503. The largest absolute Gasteiger partial charge is 0.480 e. The standard InChI is InChI=1S/C17H11Cl2F3O5.C15H22ClNO2.C9H16ClN5.C3H8NO5P/c1-8(15(23)24)26-16(25)11-7-10(3-4-12(11)18)27-14-5-2-9(6-13(14)19)17(20,21)22;1-5-13-8-6-7-11(2)15(13)17(14(18)9-16)12(3)10-19-4;1-5-11-7-12-6(10)13-8(14-7)15-9(2,3)4;5-3(6)1-4-2-10(7,8)9/h2-8H,1H3,(H,23,24);6-8,12H,5,9-10H2,1-4H3;5H2,1-4H3,(H2,11,12,13,14,15);4H,1-2H2,(H,5,6)(H2,7,8,9)/t8-;;;/m0.../s1. The molecular formula is C44H57Cl4F3N7O12P. The van der Waals surface area contributed by atoms with Crippen molar-refractivity contribution < 1.29 is 71.1 Å². The van der Waals surface area contributed by atoms with Crippen LogP contribution in [0.2, 0.25) is 15.3 Å². The summed E-state index contributed by atoms with van der Waals surface area (Å²) in [6.45, 7) is 16.1. The van der Waals surface area contributed by atoms with Crippen molar-refractivity contribution in [1.82, 2.24) is 20.3 Å². The molecule has 0 saturated heterocycles. The molecule has 19 nitrogen and oxygen atoms in total. The Morgan fingerprint density at radius 1 is 0.901 bits per heavy atom. The van der Waals surface area contributed by atoms with E-state index in [2.05, 4.69) is 43.9 Å². The summed E-state index contributed by atoms with van der Waals surface area (Å²) in [5.41, 5.74) is 1.99. The van der Waals surface area contributed by atoms with Crippen LogP contribution in [0.25, 0.3) is 0 Å². The number of nitrogens with zero attached hydrogens (tertiary/aromatic N) is 4. The lowest BCUT2D eigenvalue weighted by Crippen LogP contribution is -2.43. The number of esters is 1. The van der Waals surface area contributed by atoms with Gasteiger partial charge in [0.05, 0.1) is 52.3 Å². The number of methoxy groups -OCH3 is 1. The van der Waals surface area contributed by atoms with Crippen LogP contribution < -0.4 is 25.6 Å². The van der Waals surface area contributed by atoms with Crippen LogP contribution in [0, 0.1) is 6.92 Å². The van der Waals surface area contributed by atoms with Gasteiger partial charge in [-0.3, -0.25) is 19.5 Å². The molecule has 4 aromatic rings. The number of rotatable bonds is 18. The zero-order chi connectivity index (χ0) is 54.4. The number of carbonyl (C=O) groups is 4. The number of carbonyl (C=O) groups excluding carboxylic acids is 2. The Morgan fingerprint density at radius 3 is 2.04 bits per heavy atom. The molecule has 1 aromatic heterocycles. The summed E-state index contributed by atoms with van der Waals surface area (Å²) in [7, 11) is -2.46. The quantitative estimate of drug-likeness (QED) is 0.0277. The van der Waals surface area contributed by atoms with Gasteiger partial charge >= 0.3 is 31.7 Å². The Labute approximate surface area is 428 Å². The van der Waals surface area contributed by atoms with Gasteiger partial charge in [-0.1, -0.05) is 48.3 Å². The first-order valence-electron chi connectivity index (χ1n) is 21.0. The first-order valence-corrected chi connectivity index (χ1v) is 24.5. The molecule has 4 rings (SSSR count). The predicted octanol–water partition coefficient (Wildman–Crippen LogP) is 9.56. The van der Waals surface area contributed by atoms with Crippen molar-refractivity contribution in [2.75, 3.05) is 54.5 Å². The highest BCUT2D eigenvalue weighted by atomic mass is 35.5. The fraction of sp³-hybridized carbons (Fsp3) is 0.432. The maximum Gasteiger partial charge on any atom is 0.416 e. The second-order valence-corrected chi connectivity index (χ2v) is 18.8. The topological polar surface area (TPSA) is 272 Å². The zero-order valence-electron chi connectivity index (χ0n) is 40.0. The zero-order valence-corrected chi connectivity index (χ0v) is 43.9. The van der Waals surface area contributed by atoms with Crippen molar-refractivity contribution in [3.05, 3.63) is 92.2 Å². The molecule has 1 unspecified atom stereocenters. The minimum absolute atomic E-state index is 0.0223. The number of benzene rings is 3. The second-order valence-electron chi connectivity index (χ2n) is 15.7. The number of anilines is 3. The first-order chi connectivity index (χ1) is 32.9. The fourth-order valence-corrected chi connectivity index (χ4v) is 6.60. The third-order valence-corrected chi connectivity index (χ3v) is 10.1. The van der Waals surface area contributed by atoms with Gasteiger partial charge in [0.1, 0.15) is 17.4 Å². The Bertz CT molecular complexity index is 2450. The summed E-state index contributed by atoms with van der Waals surface area (Å²) in [5, 5.41) is 24.8. The minimum atomic E-state index is -4.56. The van der Waals surface area contributed by atoms with E-state index in [-0.39, 0.29) is 55.8 Å². The molecule has 3 aromatic carbocycles. The Hall–Kier alpha value is -5.03. The molecule has 394 valence electrons. The molecule has 0 fully saturated rings. The van der Waals surface area contributed by atoms with E-state index in [9.17, 15) is 36.9 Å². The van der Waals surface area contributed by atoms with Crippen LogP contribution in [0.3, 0.4) is 0 Å². The minimum Gasteiger partial charge on any atom is -0.480 e. The lowest BCUT2D eigenvalue weighted by molar-refractivity contribution is -0.146. The van der Waals surface area contributed by atoms with Gasteiger partial charge < -0.3 is 49.7 Å². The Kier molecular flexibility index (Phi) is 27.1. The normalized spacial score (nSPS) is 12.0. The molecule has 27 heteroatoms. The van der Waals surface area contributed by atoms with E-state index >= 15 is 0 Å². The van der Waals surface area contributed by atoms with Crippen molar-refractivity contribution >= 4 is 95.4 Å². The van der Waals surface area contributed by atoms with E-state index in [1.807, 2.05) is 53.7 Å². The molecular weight excluding hydrogens is 1050 g/mol. The molecule has 0 aliphatic carbocycles. The van der Waals surface area contributed by atoms with Crippen LogP contribution in [0.1, 0.15) is 75.5 Å². The highest BCUT2D eigenvalue weighted by molar-refractivity contribution is 7.51. The number of aliphatic carboxylic acids is 2. The molecule has 2 atom stereocenters. The summed E-state index contributed by atoms with van der Waals surface area (Å²) >= 11 is 23.2. The van der Waals surface area contributed by atoms with Crippen LogP contribution in [0.15, 0.2) is 54.6 Å². The summed E-state index contributed by atoms with van der Waals surface area (Å²) < 4.78 is 63.4. The molecule has 71 heavy (non-hydrogen) atoms. The van der Waals surface area contributed by atoms with Gasteiger partial charge in [-0.05, 0) is 114 Å². The van der Waals surface area contributed by atoms with Crippen LogP contribution >= 0.6 is 54.0 Å². The SMILES string of the molecule is CCNc1nc(Cl)nc(NC(C)(C)C)n1.CCc1cccc(C)c1N(C(=O)CCl)C(C)COC.C[C@H](OC(=O)c1cc(Oc2ccc(C(F)(F)F)cc2Cl)ccc1Cl)C(=O)O.O=C(O)CNCP(=O)(O)O. The molecule has 0 radical (unpaired) electrons. The third kappa shape index (κ3) is 24.3. The van der Waals surface area contributed by atoms with Gasteiger partial charge in [0.15, 0.2) is 6.10 Å². The van der Waals surface area contributed by atoms with Gasteiger partial charge in [-0.25, -0.2) is 9.59 Å². The number of para-hydroxylation sites is 1. The highest BCUT2D eigenvalue weighted by Crippen LogP contribution is 2.37. The summed E-state index contributed by atoms with van der Waals surface area (Å²) in [4.78, 5) is 75.0. The summed E-state index contributed by atoms with van der Waals surface area (Å²) in [5.74, 6) is -2.67. The second kappa shape index (κ2) is 30.1. The highest BCUT2D eigenvalue weighted by Gasteiger charge is 2.31. The molecule has 1 amide bonds. The maximum atomic E-state index is 12.7. The molecule has 0 saturated carbocycles. The smallest absolute Gasteiger partial charge is 0.416 e. The first kappa shape index (κ1) is 64.0. The monoisotopic (exact) mass is 1100 g/mol. The van der Waals surface area contributed by atoms with E-state index < -0.39 is 56.2 Å². The average Bonchev–Trinajstić information content (AvgIpc) is 3.24. The van der Waals surface area contributed by atoms with Crippen molar-refractivity contribution in [3.63, 3.8) is 0 Å². The fourth-order valence-electron chi connectivity index (χ4n) is 5.49. The van der Waals surface area contributed by atoms with E-state index in [1.165, 1.54) is 12.1 Å². The Morgan fingerprint density at radius 2 is 1.54 bits per heavy atom. The van der Waals surface area contributed by atoms with E-state index in [1.54, 1.807) is 12.0 Å². The molecule has 7 N–H and O–H groups in total. The van der Waals surface area contributed by atoms with Gasteiger partial charge in [-0.2, -0.15) is 28.1 Å². The number of hydrogen-bond acceptors (Lipinski definition) is 14. The molecule has 1 heterocycles. The van der Waals surface area contributed by atoms with Crippen LogP contribution in [0.5, 0.6) is 11.5 Å². The number of carboxylic acids is 2. The van der Waals surface area contributed by atoms with Crippen molar-refractivity contribution in [3.8, 4) is 11.5 Å². The number of ether oxygens (including phenoxy) is 3. The summed E-state index contributed by atoms with van der Waals surface area (Å²) in [6.07, 6.45) is -5.68. The van der Waals surface area contributed by atoms with Crippen molar-refractivity contribution in [2.24, 2.45) is 0 Å². The lowest BCUT2D eigenvalue weighted by Gasteiger charge is -2.31. The number of aryl methyl sites for hydroxylation is 2. The maximum absolute atomic E-state index is 12.7. The molecule has 0 spiro atoms. The van der Waals surface area contributed by atoms with E-state index in [4.69, 9.17) is 80.6 Å². The number of carboxylic acid groups (broad SMARTS) is 2. The van der Waals surface area contributed by atoms with Gasteiger partial charge in [0.2, 0.25) is 23.1 Å². The molecule has 0 bridgehead atoms. The molecule has 0 aliphatic rings. The number of hydrogen-bond donors (Lipinski definition) is 7. The van der Waals surface area contributed by atoms with Gasteiger partial charge in [0.25, 0.3) is 0 Å². The molecule has 0 aliphatic heterocycles. The van der Waals surface area contributed by atoms with Crippen molar-refractivity contribution in [2.45, 2.75) is 85.7 Å². The van der Waals surface area contributed by atoms with Gasteiger partial charge in [0, 0.05) is 19.2 Å². The lowest BCUT2D eigenvalue weighted by atomic mass is 10.0.